The first-order chi connectivity index (χ1) is 15.1. The van der Waals surface area contributed by atoms with Gasteiger partial charge in [0.05, 0.1) is 0 Å². The first-order valence-electron chi connectivity index (χ1n) is 12.6. The topological polar surface area (TPSA) is 0 Å². The second-order valence-electron chi connectivity index (χ2n) is 11.9. The molecular weight excluding hydrogens is 424 g/mol. The Labute approximate surface area is 205 Å². The molecule has 0 radical (unpaired) electrons. The van der Waals surface area contributed by atoms with Crippen LogP contribution in [-0.2, 0) is 41.6 Å². The van der Waals surface area contributed by atoms with Gasteiger partial charge in [0, 0.05) is 11.5 Å². The van der Waals surface area contributed by atoms with E-state index in [2.05, 4.69) is 89.3 Å². The SMILES string of the molecule is CC(C)(C)c1cc2c3c(c1)Cc1cc(C(C)(C)C)cc(c1CC3)CSCCCCCSC2. The second kappa shape index (κ2) is 9.79. The van der Waals surface area contributed by atoms with Crippen LogP contribution in [0, 0.1) is 0 Å². The molecule has 0 amide bonds. The van der Waals surface area contributed by atoms with Gasteiger partial charge in [-0.25, -0.2) is 0 Å². The highest BCUT2D eigenvalue weighted by atomic mass is 32.2. The van der Waals surface area contributed by atoms with E-state index in [4.69, 9.17) is 0 Å². The quantitative estimate of drug-likeness (QED) is 0.381. The number of fused-ring (bicyclic) bond motifs is 1. The minimum Gasteiger partial charge on any atom is -0.157 e. The van der Waals surface area contributed by atoms with Gasteiger partial charge in [0.2, 0.25) is 0 Å². The number of benzene rings is 2. The van der Waals surface area contributed by atoms with Gasteiger partial charge in [0.15, 0.2) is 0 Å². The average Bonchev–Trinajstić information content (AvgIpc) is 2.89. The fourth-order valence-corrected chi connectivity index (χ4v) is 7.14. The van der Waals surface area contributed by atoms with Crippen LogP contribution < -0.4 is 0 Å². The molecule has 2 bridgehead atoms. The summed E-state index contributed by atoms with van der Waals surface area (Å²) >= 11 is 4.32. The summed E-state index contributed by atoms with van der Waals surface area (Å²) in [7, 11) is 0. The standard InChI is InChI=1S/C30H42S2/c1-29(2,3)25-15-21-14-22-16-26(30(4,5)6)18-24-20-32-13-9-7-8-12-31-19-23(17-25)27(21)10-11-28(22)24/h15-18H,7-14,19-20H2,1-6H3. The van der Waals surface area contributed by atoms with Crippen molar-refractivity contribution in [3.63, 3.8) is 0 Å². The van der Waals surface area contributed by atoms with Crippen LogP contribution in [0.15, 0.2) is 24.3 Å². The Kier molecular flexibility index (Phi) is 7.42. The highest BCUT2D eigenvalue weighted by molar-refractivity contribution is 7.98. The Hall–Kier alpha value is -0.860. The van der Waals surface area contributed by atoms with Crippen LogP contribution >= 0.6 is 23.5 Å². The van der Waals surface area contributed by atoms with Crippen LogP contribution in [0.4, 0.5) is 0 Å². The summed E-state index contributed by atoms with van der Waals surface area (Å²) in [4.78, 5) is 0. The van der Waals surface area contributed by atoms with Gasteiger partial charge in [0.1, 0.15) is 0 Å². The number of hydrogen-bond acceptors (Lipinski definition) is 2. The maximum atomic E-state index is 2.56. The van der Waals surface area contributed by atoms with E-state index in [0.29, 0.717) is 0 Å². The maximum absolute atomic E-state index is 2.56. The molecule has 0 saturated carbocycles. The molecule has 2 aromatic rings. The van der Waals surface area contributed by atoms with E-state index in [1.807, 2.05) is 0 Å². The summed E-state index contributed by atoms with van der Waals surface area (Å²) in [6.45, 7) is 14.2. The summed E-state index contributed by atoms with van der Waals surface area (Å²) in [5.41, 5.74) is 13.2. The molecule has 174 valence electrons. The summed E-state index contributed by atoms with van der Waals surface area (Å²) in [6, 6.07) is 10.2. The Morgan fingerprint density at radius 1 is 0.562 bits per heavy atom. The fourth-order valence-electron chi connectivity index (χ4n) is 5.08. The fraction of sp³-hybridized carbons (Fsp3) is 0.600. The molecule has 1 aliphatic carbocycles. The molecule has 2 aromatic carbocycles. The minimum atomic E-state index is 0.194. The summed E-state index contributed by atoms with van der Waals surface area (Å²) in [5.74, 6) is 4.96. The Morgan fingerprint density at radius 3 is 1.38 bits per heavy atom. The monoisotopic (exact) mass is 466 g/mol. The van der Waals surface area contributed by atoms with Crippen LogP contribution in [-0.4, -0.2) is 11.5 Å². The molecule has 32 heavy (non-hydrogen) atoms. The molecule has 4 rings (SSSR count). The van der Waals surface area contributed by atoms with Crippen molar-refractivity contribution >= 4 is 23.5 Å². The van der Waals surface area contributed by atoms with Crippen molar-refractivity contribution < 1.29 is 0 Å². The molecular formula is C30H42S2. The van der Waals surface area contributed by atoms with Gasteiger partial charge in [0.25, 0.3) is 0 Å². The molecule has 0 unspecified atom stereocenters. The summed E-state index contributed by atoms with van der Waals surface area (Å²) in [5, 5.41) is 0. The third-order valence-corrected chi connectivity index (χ3v) is 9.38. The van der Waals surface area contributed by atoms with Crippen LogP contribution in [0.5, 0.6) is 0 Å². The lowest BCUT2D eigenvalue weighted by Crippen LogP contribution is -2.14. The van der Waals surface area contributed by atoms with Crippen molar-refractivity contribution in [1.29, 1.82) is 0 Å². The first-order valence-corrected chi connectivity index (χ1v) is 14.9. The zero-order valence-electron chi connectivity index (χ0n) is 21.2. The number of hydrogen-bond donors (Lipinski definition) is 0. The van der Waals surface area contributed by atoms with Crippen molar-refractivity contribution in [3.8, 4) is 0 Å². The summed E-state index contributed by atoms with van der Waals surface area (Å²) < 4.78 is 0. The zero-order valence-corrected chi connectivity index (χ0v) is 22.8. The predicted molar refractivity (Wildman–Crippen MR) is 147 cm³/mol. The molecule has 0 N–H and O–H groups in total. The summed E-state index contributed by atoms with van der Waals surface area (Å²) in [6.07, 6.45) is 7.61. The highest BCUT2D eigenvalue weighted by Gasteiger charge is 2.25. The molecule has 0 spiro atoms. The maximum Gasteiger partial charge on any atom is 0.0187 e. The minimum absolute atomic E-state index is 0.194. The average molecular weight is 467 g/mol. The lowest BCUT2D eigenvalue weighted by Gasteiger charge is -2.25. The third kappa shape index (κ3) is 5.61. The number of rotatable bonds is 0. The molecule has 1 heterocycles. The lowest BCUT2D eigenvalue weighted by molar-refractivity contribution is 0.588. The van der Waals surface area contributed by atoms with E-state index in [0.717, 1.165) is 6.42 Å². The van der Waals surface area contributed by atoms with Gasteiger partial charge in [-0.1, -0.05) is 72.2 Å². The van der Waals surface area contributed by atoms with Gasteiger partial charge < -0.3 is 0 Å². The van der Waals surface area contributed by atoms with E-state index in [9.17, 15) is 0 Å². The predicted octanol–water partition coefficient (Wildman–Crippen LogP) is 8.62. The van der Waals surface area contributed by atoms with E-state index in [1.165, 1.54) is 66.2 Å². The van der Waals surface area contributed by atoms with Crippen LogP contribution in [0.1, 0.15) is 105 Å². The molecule has 0 nitrogen and oxygen atoms in total. The van der Waals surface area contributed by atoms with Gasteiger partial charge in [-0.15, -0.1) is 0 Å². The molecule has 1 aliphatic heterocycles. The third-order valence-electron chi connectivity index (χ3n) is 7.20. The van der Waals surface area contributed by atoms with Crippen molar-refractivity contribution in [2.75, 3.05) is 11.5 Å². The van der Waals surface area contributed by atoms with E-state index < -0.39 is 0 Å². The normalized spacial score (nSPS) is 18.1. The van der Waals surface area contributed by atoms with Crippen LogP contribution in [0.25, 0.3) is 0 Å². The molecule has 0 atom stereocenters. The van der Waals surface area contributed by atoms with Gasteiger partial charge in [-0.05, 0) is 98.9 Å². The van der Waals surface area contributed by atoms with E-state index >= 15 is 0 Å². The molecule has 2 aliphatic rings. The Morgan fingerprint density at radius 2 is 0.969 bits per heavy atom. The molecule has 0 aromatic heterocycles. The van der Waals surface area contributed by atoms with Crippen molar-refractivity contribution in [2.45, 2.75) is 102 Å². The van der Waals surface area contributed by atoms with Crippen molar-refractivity contribution in [3.05, 3.63) is 68.8 Å². The van der Waals surface area contributed by atoms with E-state index in [-0.39, 0.29) is 10.8 Å². The van der Waals surface area contributed by atoms with Crippen molar-refractivity contribution in [2.24, 2.45) is 0 Å². The van der Waals surface area contributed by atoms with Crippen LogP contribution in [0.3, 0.4) is 0 Å². The Bertz CT molecular complexity index is 879. The van der Waals surface area contributed by atoms with Gasteiger partial charge >= 0.3 is 0 Å². The molecule has 0 fully saturated rings. The zero-order chi connectivity index (χ0) is 22.9. The number of thioether (sulfide) groups is 2. The molecule has 0 saturated heterocycles. The second-order valence-corrected chi connectivity index (χ2v) is 14.1. The lowest BCUT2D eigenvalue weighted by atomic mass is 9.81. The van der Waals surface area contributed by atoms with Gasteiger partial charge in [-0.3, -0.25) is 0 Å². The molecule has 2 heteroatoms. The van der Waals surface area contributed by atoms with Gasteiger partial charge in [-0.2, -0.15) is 23.5 Å². The largest absolute Gasteiger partial charge is 0.157 e. The van der Waals surface area contributed by atoms with Crippen LogP contribution in [0.2, 0.25) is 0 Å². The smallest absolute Gasteiger partial charge is 0.0187 e. The highest BCUT2D eigenvalue weighted by Crippen LogP contribution is 2.37. The Balaban J connectivity index is 1.85. The van der Waals surface area contributed by atoms with Crippen molar-refractivity contribution in [1.82, 2.24) is 0 Å². The van der Waals surface area contributed by atoms with E-state index in [1.54, 1.807) is 33.4 Å². The first kappa shape index (κ1) is 24.3.